The molecule has 0 radical (unpaired) electrons. The van der Waals surface area contributed by atoms with Crippen LogP contribution in [0.15, 0.2) is 23.8 Å². The molecule has 2 aliphatic heterocycles. The van der Waals surface area contributed by atoms with E-state index in [1.54, 1.807) is 12.1 Å². The molecule has 126 valence electrons. The summed E-state index contributed by atoms with van der Waals surface area (Å²) >= 11 is 5.04. The Hall–Kier alpha value is -2.28. The van der Waals surface area contributed by atoms with E-state index >= 15 is 0 Å². The van der Waals surface area contributed by atoms with Gasteiger partial charge in [0.25, 0.3) is 11.8 Å². The third-order valence-electron chi connectivity index (χ3n) is 4.37. The molecule has 2 amide bonds. The van der Waals surface area contributed by atoms with Gasteiger partial charge < -0.3 is 4.90 Å². The molecule has 1 aromatic carbocycles. The second-order valence-corrected chi connectivity index (χ2v) is 6.34. The summed E-state index contributed by atoms with van der Waals surface area (Å²) < 4.78 is 14.4. The van der Waals surface area contributed by atoms with Crippen molar-refractivity contribution in [2.45, 2.75) is 12.8 Å². The van der Waals surface area contributed by atoms with E-state index in [0.29, 0.717) is 11.3 Å². The van der Waals surface area contributed by atoms with E-state index in [1.165, 1.54) is 36.0 Å². The third-order valence-corrected chi connectivity index (χ3v) is 4.92. The van der Waals surface area contributed by atoms with E-state index in [2.05, 4.69) is 0 Å². The summed E-state index contributed by atoms with van der Waals surface area (Å²) in [5, 5.41) is 0.151. The molecule has 0 N–H and O–H groups in total. The van der Waals surface area contributed by atoms with Gasteiger partial charge in [-0.05, 0) is 48.8 Å². The molecule has 0 saturated carbocycles. The SMILES string of the molecule is CN1C(=O)C(=Cc2ccc(N3CCCC3)c(F)c2)C(=O)N(C)C1=S. The smallest absolute Gasteiger partial charge is 0.265 e. The first kappa shape index (κ1) is 16.6. The largest absolute Gasteiger partial charge is 0.369 e. The van der Waals surface area contributed by atoms with Crippen LogP contribution in [0, 0.1) is 5.82 Å². The lowest BCUT2D eigenvalue weighted by molar-refractivity contribution is -0.132. The highest BCUT2D eigenvalue weighted by Gasteiger charge is 2.35. The van der Waals surface area contributed by atoms with E-state index in [0.717, 1.165) is 25.9 Å². The first-order valence-electron chi connectivity index (χ1n) is 7.76. The van der Waals surface area contributed by atoms with Crippen LogP contribution in [0.25, 0.3) is 6.08 Å². The summed E-state index contributed by atoms with van der Waals surface area (Å²) in [4.78, 5) is 29.0. The van der Waals surface area contributed by atoms with E-state index in [1.807, 2.05) is 4.90 Å². The summed E-state index contributed by atoms with van der Waals surface area (Å²) in [5.41, 5.74) is 1.01. The normalized spacial score (nSPS) is 18.7. The van der Waals surface area contributed by atoms with Crippen molar-refractivity contribution in [1.29, 1.82) is 0 Å². The number of rotatable bonds is 2. The van der Waals surface area contributed by atoms with Crippen LogP contribution in [-0.4, -0.2) is 53.9 Å². The van der Waals surface area contributed by atoms with Crippen molar-refractivity contribution in [3.63, 3.8) is 0 Å². The molecule has 24 heavy (non-hydrogen) atoms. The molecule has 2 fully saturated rings. The van der Waals surface area contributed by atoms with Crippen molar-refractivity contribution < 1.29 is 14.0 Å². The second-order valence-electron chi connectivity index (χ2n) is 5.97. The molecule has 7 heteroatoms. The van der Waals surface area contributed by atoms with Gasteiger partial charge in [-0.1, -0.05) is 6.07 Å². The van der Waals surface area contributed by atoms with E-state index in [9.17, 15) is 14.0 Å². The lowest BCUT2D eigenvalue weighted by atomic mass is 10.1. The molecular weight excluding hydrogens is 329 g/mol. The molecular formula is C17H18FN3O2S. The Morgan fingerprint density at radius 2 is 1.67 bits per heavy atom. The van der Waals surface area contributed by atoms with Crippen molar-refractivity contribution in [2.75, 3.05) is 32.1 Å². The summed E-state index contributed by atoms with van der Waals surface area (Å²) in [6, 6.07) is 4.77. The Bertz CT molecular complexity index is 730. The molecule has 5 nitrogen and oxygen atoms in total. The van der Waals surface area contributed by atoms with Crippen LogP contribution in [-0.2, 0) is 9.59 Å². The number of anilines is 1. The minimum absolute atomic E-state index is 0.0260. The fraction of sp³-hybridized carbons (Fsp3) is 0.353. The molecule has 0 bridgehead atoms. The van der Waals surface area contributed by atoms with Gasteiger partial charge in [0, 0.05) is 27.2 Å². The Labute approximate surface area is 145 Å². The Morgan fingerprint density at radius 3 is 2.21 bits per heavy atom. The average molecular weight is 347 g/mol. The van der Waals surface area contributed by atoms with Crippen LogP contribution in [0.2, 0.25) is 0 Å². The topological polar surface area (TPSA) is 43.9 Å². The molecule has 2 aliphatic rings. The van der Waals surface area contributed by atoms with Crippen LogP contribution < -0.4 is 4.90 Å². The van der Waals surface area contributed by atoms with Crippen molar-refractivity contribution in [3.05, 3.63) is 35.2 Å². The van der Waals surface area contributed by atoms with Crippen LogP contribution in [0.3, 0.4) is 0 Å². The van der Waals surface area contributed by atoms with Gasteiger partial charge in [0.15, 0.2) is 5.11 Å². The maximum Gasteiger partial charge on any atom is 0.265 e. The molecule has 2 saturated heterocycles. The number of carbonyl (C=O) groups is 2. The predicted octanol–water partition coefficient (Wildman–Crippen LogP) is 2.02. The third kappa shape index (κ3) is 2.80. The van der Waals surface area contributed by atoms with Gasteiger partial charge in [-0.15, -0.1) is 0 Å². The number of thiocarbonyl (C=S) groups is 1. The Balaban J connectivity index is 1.92. The van der Waals surface area contributed by atoms with Gasteiger partial charge in [0.2, 0.25) is 0 Å². The van der Waals surface area contributed by atoms with Crippen LogP contribution >= 0.6 is 12.2 Å². The lowest BCUT2D eigenvalue weighted by Gasteiger charge is -2.31. The molecule has 1 aromatic rings. The van der Waals surface area contributed by atoms with Gasteiger partial charge in [0.1, 0.15) is 11.4 Å². The molecule has 0 atom stereocenters. The molecule has 0 aromatic heterocycles. The molecule has 0 spiro atoms. The molecule has 0 unspecified atom stereocenters. The van der Waals surface area contributed by atoms with Crippen molar-refractivity contribution >= 4 is 40.9 Å². The highest BCUT2D eigenvalue weighted by Crippen LogP contribution is 2.26. The number of halogens is 1. The van der Waals surface area contributed by atoms with E-state index < -0.39 is 11.8 Å². The van der Waals surface area contributed by atoms with Crippen molar-refractivity contribution in [1.82, 2.24) is 9.80 Å². The number of amides is 2. The standard InChI is InChI=1S/C17H18FN3O2S/c1-19-15(22)12(16(23)20(2)17(19)24)9-11-5-6-14(13(18)10-11)21-7-3-4-8-21/h5-6,9-10H,3-4,7-8H2,1-2H3. The second kappa shape index (κ2) is 6.32. The molecule has 0 aliphatic carbocycles. The van der Waals surface area contributed by atoms with Gasteiger partial charge in [-0.2, -0.15) is 0 Å². The Kier molecular flexibility index (Phi) is 4.36. The van der Waals surface area contributed by atoms with Gasteiger partial charge in [-0.3, -0.25) is 19.4 Å². The van der Waals surface area contributed by atoms with Gasteiger partial charge in [-0.25, -0.2) is 4.39 Å². The highest BCUT2D eigenvalue weighted by atomic mass is 32.1. The zero-order valence-electron chi connectivity index (χ0n) is 13.6. The van der Waals surface area contributed by atoms with Crippen LogP contribution in [0.4, 0.5) is 10.1 Å². The van der Waals surface area contributed by atoms with Crippen molar-refractivity contribution in [2.24, 2.45) is 0 Å². The maximum absolute atomic E-state index is 14.4. The number of nitrogens with zero attached hydrogens (tertiary/aromatic N) is 3. The zero-order chi connectivity index (χ0) is 17.4. The summed E-state index contributed by atoms with van der Waals surface area (Å²) in [6.07, 6.45) is 3.54. The molecule has 3 rings (SSSR count). The minimum atomic E-state index is -0.480. The van der Waals surface area contributed by atoms with E-state index in [4.69, 9.17) is 12.2 Å². The number of likely N-dealkylation sites (N-methyl/N-ethyl adjacent to an activating group) is 2. The molecule has 2 heterocycles. The number of carbonyl (C=O) groups excluding carboxylic acids is 2. The monoisotopic (exact) mass is 347 g/mol. The van der Waals surface area contributed by atoms with Gasteiger partial charge in [0.05, 0.1) is 5.69 Å². The number of hydrogen-bond acceptors (Lipinski definition) is 4. The lowest BCUT2D eigenvalue weighted by Crippen LogP contribution is -2.52. The highest BCUT2D eigenvalue weighted by molar-refractivity contribution is 7.80. The summed E-state index contributed by atoms with van der Waals surface area (Å²) in [7, 11) is 3.02. The fourth-order valence-electron chi connectivity index (χ4n) is 2.97. The van der Waals surface area contributed by atoms with Crippen molar-refractivity contribution in [3.8, 4) is 0 Å². The quantitative estimate of drug-likeness (QED) is 0.466. The minimum Gasteiger partial charge on any atom is -0.369 e. The first-order chi connectivity index (χ1) is 11.4. The number of benzene rings is 1. The van der Waals surface area contributed by atoms with E-state index in [-0.39, 0.29) is 16.5 Å². The maximum atomic E-state index is 14.4. The zero-order valence-corrected chi connectivity index (χ0v) is 14.4. The van der Waals surface area contributed by atoms with Gasteiger partial charge >= 0.3 is 0 Å². The average Bonchev–Trinajstić information content (AvgIpc) is 3.09. The van der Waals surface area contributed by atoms with Crippen LogP contribution in [0.5, 0.6) is 0 Å². The van der Waals surface area contributed by atoms with Crippen LogP contribution in [0.1, 0.15) is 18.4 Å². The number of hydrogen-bond donors (Lipinski definition) is 0. The fourth-order valence-corrected chi connectivity index (χ4v) is 3.13. The predicted molar refractivity (Wildman–Crippen MR) is 94.0 cm³/mol. The Morgan fingerprint density at radius 1 is 1.08 bits per heavy atom. The summed E-state index contributed by atoms with van der Waals surface area (Å²) in [5.74, 6) is -1.31. The first-order valence-corrected chi connectivity index (χ1v) is 8.17. The summed E-state index contributed by atoms with van der Waals surface area (Å²) in [6.45, 7) is 1.70.